The maximum Gasteiger partial charge on any atom is 0.126 e. The zero-order chi connectivity index (χ0) is 17.1. The van der Waals surface area contributed by atoms with Gasteiger partial charge < -0.3 is 8.80 Å². The summed E-state index contributed by atoms with van der Waals surface area (Å²) in [5.74, 6) is 0. The number of fused-ring (bicyclic) bond motifs is 6. The fraction of sp³-hybridized carbons (Fsp3) is 0.143. The molecule has 5 rings (SSSR count). The van der Waals surface area contributed by atoms with Crippen LogP contribution < -0.4 is 0 Å². The van der Waals surface area contributed by atoms with Gasteiger partial charge in [0.2, 0.25) is 0 Å². The topological polar surface area (TPSA) is 34.6 Å². The first kappa shape index (κ1) is 16.9. The average Bonchev–Trinajstić information content (AvgIpc) is 3.21. The Bertz CT molecular complexity index is 1260. The molecule has 0 aliphatic heterocycles. The molecule has 0 bridgehead atoms. The van der Waals surface area contributed by atoms with E-state index in [1.165, 1.54) is 22.3 Å². The van der Waals surface area contributed by atoms with Crippen LogP contribution in [0.5, 0.6) is 0 Å². The number of aromatic nitrogens is 4. The van der Waals surface area contributed by atoms with Crippen molar-refractivity contribution in [3.05, 3.63) is 71.9 Å². The molecule has 3 heterocycles. The van der Waals surface area contributed by atoms with Crippen molar-refractivity contribution in [1.82, 2.24) is 18.8 Å². The van der Waals surface area contributed by atoms with Crippen LogP contribution >= 0.6 is 0 Å². The molecule has 0 saturated carbocycles. The number of rotatable bonds is 1. The number of imidazole rings is 2. The molecule has 5 aromatic rings. The van der Waals surface area contributed by atoms with Gasteiger partial charge in [0, 0.05) is 32.0 Å². The van der Waals surface area contributed by atoms with E-state index in [-0.39, 0.29) is 20.1 Å². The minimum absolute atomic E-state index is 0. The van der Waals surface area contributed by atoms with Gasteiger partial charge in [0.1, 0.15) is 5.65 Å². The van der Waals surface area contributed by atoms with Crippen molar-refractivity contribution in [3.8, 4) is 11.1 Å². The zero-order valence-electron chi connectivity index (χ0n) is 14.7. The molecule has 0 saturated heterocycles. The van der Waals surface area contributed by atoms with E-state index in [0.29, 0.717) is 0 Å². The molecule has 26 heavy (non-hydrogen) atoms. The molecule has 0 unspecified atom stereocenters. The normalized spacial score (nSPS) is 11.3. The van der Waals surface area contributed by atoms with Crippen LogP contribution in [0, 0.1) is 26.8 Å². The standard InChI is InChI=1S/C21H17N4.Ir/c1-13-6-4-7-14(2)19(13)16-8-5-9-17-20(16)24-12-22-11-18(24)25-15(3)10-23-21(17)25;/h4-8,10-12H,1-3H3;/q-1;. The van der Waals surface area contributed by atoms with E-state index < -0.39 is 0 Å². The van der Waals surface area contributed by atoms with Gasteiger partial charge in [-0.2, -0.15) is 0 Å². The van der Waals surface area contributed by atoms with Crippen molar-refractivity contribution < 1.29 is 20.1 Å². The molecule has 1 radical (unpaired) electrons. The predicted molar refractivity (Wildman–Crippen MR) is 99.9 cm³/mol. The molecular weight excluding hydrogens is 500 g/mol. The van der Waals surface area contributed by atoms with E-state index in [4.69, 9.17) is 0 Å². The summed E-state index contributed by atoms with van der Waals surface area (Å²) in [7, 11) is 0. The van der Waals surface area contributed by atoms with Crippen LogP contribution in [-0.2, 0) is 20.1 Å². The number of aryl methyl sites for hydroxylation is 3. The summed E-state index contributed by atoms with van der Waals surface area (Å²) < 4.78 is 4.29. The Morgan fingerprint density at radius 3 is 2.54 bits per heavy atom. The van der Waals surface area contributed by atoms with E-state index in [1.54, 1.807) is 0 Å². The van der Waals surface area contributed by atoms with Crippen LogP contribution in [0.15, 0.2) is 49.1 Å². The minimum Gasteiger partial charge on any atom is -0.327 e. The van der Waals surface area contributed by atoms with Gasteiger partial charge in [-0.05, 0) is 43.0 Å². The summed E-state index contributed by atoms with van der Waals surface area (Å²) in [6, 6.07) is 14.0. The summed E-state index contributed by atoms with van der Waals surface area (Å²) in [4.78, 5) is 9.05. The summed E-state index contributed by atoms with van der Waals surface area (Å²) in [5, 5.41) is 1.01. The number of benzene rings is 2. The molecule has 0 amide bonds. The minimum atomic E-state index is 0. The van der Waals surface area contributed by atoms with Crippen LogP contribution in [-0.4, -0.2) is 18.8 Å². The third-order valence-corrected chi connectivity index (χ3v) is 4.97. The van der Waals surface area contributed by atoms with Crippen molar-refractivity contribution >= 4 is 22.2 Å². The Morgan fingerprint density at radius 2 is 1.77 bits per heavy atom. The quantitative estimate of drug-likeness (QED) is 0.307. The van der Waals surface area contributed by atoms with Gasteiger partial charge in [-0.3, -0.25) is 4.98 Å². The Hall–Kier alpha value is -2.49. The third-order valence-electron chi connectivity index (χ3n) is 4.97. The molecule has 0 spiro atoms. The van der Waals surface area contributed by atoms with Crippen molar-refractivity contribution in [1.29, 1.82) is 0 Å². The largest absolute Gasteiger partial charge is 0.327 e. The Balaban J connectivity index is 0.00000168. The van der Waals surface area contributed by atoms with Crippen LogP contribution in [0.25, 0.3) is 33.3 Å². The van der Waals surface area contributed by atoms with E-state index in [2.05, 4.69) is 69.9 Å². The van der Waals surface area contributed by atoms with Gasteiger partial charge in [-0.15, -0.1) is 18.2 Å². The predicted octanol–water partition coefficient (Wildman–Crippen LogP) is 4.53. The summed E-state index contributed by atoms with van der Waals surface area (Å²) >= 11 is 0. The van der Waals surface area contributed by atoms with Gasteiger partial charge in [0.05, 0.1) is 18.2 Å². The first-order chi connectivity index (χ1) is 12.2. The Labute approximate surface area is 164 Å². The van der Waals surface area contributed by atoms with Gasteiger partial charge in [-0.25, -0.2) is 4.98 Å². The van der Waals surface area contributed by atoms with Gasteiger partial charge in [0.15, 0.2) is 0 Å². The van der Waals surface area contributed by atoms with Crippen LogP contribution in [0.2, 0.25) is 0 Å². The van der Waals surface area contributed by atoms with E-state index >= 15 is 0 Å². The second-order valence-electron chi connectivity index (χ2n) is 6.56. The molecule has 2 aromatic carbocycles. The molecule has 0 N–H and O–H groups in total. The van der Waals surface area contributed by atoms with E-state index in [9.17, 15) is 0 Å². The smallest absolute Gasteiger partial charge is 0.126 e. The van der Waals surface area contributed by atoms with Crippen molar-refractivity contribution in [2.24, 2.45) is 0 Å². The number of hydrogen-bond acceptors (Lipinski definition) is 2. The first-order valence-corrected chi connectivity index (χ1v) is 8.36. The average molecular weight is 518 g/mol. The van der Waals surface area contributed by atoms with Gasteiger partial charge in [0.25, 0.3) is 0 Å². The van der Waals surface area contributed by atoms with E-state index in [0.717, 1.165) is 27.9 Å². The second kappa shape index (κ2) is 6.04. The van der Waals surface area contributed by atoms with Gasteiger partial charge >= 0.3 is 0 Å². The molecule has 0 aliphatic carbocycles. The Kier molecular flexibility index (Phi) is 3.94. The number of nitrogens with zero attached hydrogens (tertiary/aromatic N) is 4. The van der Waals surface area contributed by atoms with Crippen LogP contribution in [0.4, 0.5) is 0 Å². The van der Waals surface area contributed by atoms with Crippen molar-refractivity contribution in [3.63, 3.8) is 0 Å². The summed E-state index contributed by atoms with van der Waals surface area (Å²) in [5.41, 5.74) is 9.12. The van der Waals surface area contributed by atoms with Crippen molar-refractivity contribution in [2.75, 3.05) is 0 Å². The molecule has 131 valence electrons. The van der Waals surface area contributed by atoms with Gasteiger partial charge in [-0.1, -0.05) is 29.1 Å². The summed E-state index contributed by atoms with van der Waals surface area (Å²) in [6.45, 7) is 6.39. The molecule has 0 fully saturated rings. The first-order valence-electron chi connectivity index (χ1n) is 8.36. The molecule has 5 heteroatoms. The number of hydrogen-bond donors (Lipinski definition) is 0. The van der Waals surface area contributed by atoms with Crippen molar-refractivity contribution in [2.45, 2.75) is 20.8 Å². The summed E-state index contributed by atoms with van der Waals surface area (Å²) in [6.07, 6.45) is 5.67. The van der Waals surface area contributed by atoms with Crippen LogP contribution in [0.3, 0.4) is 0 Å². The monoisotopic (exact) mass is 518 g/mol. The fourth-order valence-electron chi connectivity index (χ4n) is 3.88. The molecule has 3 aromatic heterocycles. The molecule has 0 aliphatic rings. The molecule has 0 atom stereocenters. The maximum atomic E-state index is 4.65. The molecule has 4 nitrogen and oxygen atoms in total. The SMILES string of the molecule is Cc1cccc(C)c1-c1cc[c-]c2c1n1cncc1n1c(C)cnc21.[Ir]. The Morgan fingerprint density at radius 1 is 1.00 bits per heavy atom. The second-order valence-corrected chi connectivity index (χ2v) is 6.56. The molecular formula is C21H17IrN4-. The zero-order valence-corrected chi connectivity index (χ0v) is 17.1. The third kappa shape index (κ3) is 2.17. The fourth-order valence-corrected chi connectivity index (χ4v) is 3.88. The van der Waals surface area contributed by atoms with Crippen LogP contribution in [0.1, 0.15) is 16.8 Å². The van der Waals surface area contributed by atoms with E-state index in [1.807, 2.05) is 24.8 Å². The maximum absolute atomic E-state index is 4.65.